The van der Waals surface area contributed by atoms with Gasteiger partial charge in [-0.25, -0.2) is 0 Å². The van der Waals surface area contributed by atoms with E-state index in [4.69, 9.17) is 16.3 Å². The van der Waals surface area contributed by atoms with Crippen LogP contribution in [0.4, 0.5) is 0 Å². The first kappa shape index (κ1) is 15.5. The Labute approximate surface area is 115 Å². The van der Waals surface area contributed by atoms with Gasteiger partial charge in [-0.3, -0.25) is 4.68 Å². The molecule has 1 heterocycles. The van der Waals surface area contributed by atoms with Crippen molar-refractivity contribution in [2.24, 2.45) is 0 Å². The summed E-state index contributed by atoms with van der Waals surface area (Å²) in [6, 6.07) is 0.319. The minimum absolute atomic E-state index is 0.0432. The Morgan fingerprint density at radius 3 is 2.50 bits per heavy atom. The van der Waals surface area contributed by atoms with Crippen molar-refractivity contribution in [3.63, 3.8) is 0 Å². The summed E-state index contributed by atoms with van der Waals surface area (Å²) in [7, 11) is 1.91. The number of nitrogens with zero attached hydrogens (tertiary/aromatic N) is 2. The molecule has 5 heteroatoms. The molecule has 0 saturated carbocycles. The SMILES string of the molecule is CNC(COC(C)(C)C)c1c(Cl)cnn1C(C)C. The largest absolute Gasteiger partial charge is 0.374 e. The van der Waals surface area contributed by atoms with E-state index in [1.165, 1.54) is 0 Å². The summed E-state index contributed by atoms with van der Waals surface area (Å²) in [4.78, 5) is 0. The van der Waals surface area contributed by atoms with Crippen molar-refractivity contribution in [3.8, 4) is 0 Å². The lowest BCUT2D eigenvalue weighted by Gasteiger charge is -2.25. The standard InChI is InChI=1S/C13H24ClN3O/c1-9(2)17-12(10(14)7-16-17)11(15-6)8-18-13(3,4)5/h7,9,11,15H,8H2,1-6H3. The van der Waals surface area contributed by atoms with E-state index in [1.807, 2.05) is 32.5 Å². The van der Waals surface area contributed by atoms with Crippen LogP contribution in [0.15, 0.2) is 6.20 Å². The predicted octanol–water partition coefficient (Wildman–Crippen LogP) is 3.19. The third-order valence-corrected chi connectivity index (χ3v) is 2.93. The van der Waals surface area contributed by atoms with Gasteiger partial charge in [0.05, 0.1) is 35.2 Å². The number of hydrogen-bond acceptors (Lipinski definition) is 3. The minimum atomic E-state index is -0.162. The van der Waals surface area contributed by atoms with Gasteiger partial charge < -0.3 is 10.1 Å². The van der Waals surface area contributed by atoms with Crippen LogP contribution >= 0.6 is 11.6 Å². The summed E-state index contributed by atoms with van der Waals surface area (Å²) >= 11 is 6.23. The fourth-order valence-electron chi connectivity index (χ4n) is 1.72. The minimum Gasteiger partial charge on any atom is -0.374 e. The van der Waals surface area contributed by atoms with E-state index in [-0.39, 0.29) is 17.7 Å². The lowest BCUT2D eigenvalue weighted by Crippen LogP contribution is -2.30. The zero-order valence-corrected chi connectivity index (χ0v) is 12.9. The van der Waals surface area contributed by atoms with E-state index in [0.29, 0.717) is 11.6 Å². The van der Waals surface area contributed by atoms with E-state index < -0.39 is 0 Å². The Hall–Kier alpha value is -0.580. The van der Waals surface area contributed by atoms with E-state index >= 15 is 0 Å². The summed E-state index contributed by atoms with van der Waals surface area (Å²) in [6.07, 6.45) is 1.69. The molecule has 0 amide bonds. The van der Waals surface area contributed by atoms with Gasteiger partial charge in [0.25, 0.3) is 0 Å². The summed E-state index contributed by atoms with van der Waals surface area (Å²) in [6.45, 7) is 10.9. The molecule has 1 N–H and O–H groups in total. The second-order valence-electron chi connectivity index (χ2n) is 5.68. The molecule has 1 unspecified atom stereocenters. The smallest absolute Gasteiger partial charge is 0.0835 e. The normalized spacial score (nSPS) is 14.2. The van der Waals surface area contributed by atoms with E-state index in [9.17, 15) is 0 Å². The zero-order valence-electron chi connectivity index (χ0n) is 12.1. The maximum atomic E-state index is 6.23. The molecule has 0 radical (unpaired) electrons. The molecule has 1 rings (SSSR count). The maximum Gasteiger partial charge on any atom is 0.0835 e. The summed E-state index contributed by atoms with van der Waals surface area (Å²) < 4.78 is 7.77. The fourth-order valence-corrected chi connectivity index (χ4v) is 1.98. The van der Waals surface area contributed by atoms with E-state index in [0.717, 1.165) is 5.69 Å². The molecule has 0 aliphatic heterocycles. The average Bonchev–Trinajstić information content (AvgIpc) is 2.60. The van der Waals surface area contributed by atoms with Crippen molar-refractivity contribution in [1.29, 1.82) is 0 Å². The van der Waals surface area contributed by atoms with Crippen LogP contribution in [0.1, 0.15) is 52.4 Å². The molecule has 0 fully saturated rings. The highest BCUT2D eigenvalue weighted by atomic mass is 35.5. The highest BCUT2D eigenvalue weighted by Gasteiger charge is 2.22. The number of rotatable bonds is 5. The van der Waals surface area contributed by atoms with Gasteiger partial charge in [0.15, 0.2) is 0 Å². The van der Waals surface area contributed by atoms with Gasteiger partial charge in [-0.15, -0.1) is 0 Å². The monoisotopic (exact) mass is 273 g/mol. The number of nitrogens with one attached hydrogen (secondary N) is 1. The molecule has 1 aromatic heterocycles. The molecular formula is C13H24ClN3O. The van der Waals surface area contributed by atoms with Gasteiger partial charge in [0.1, 0.15) is 0 Å². The van der Waals surface area contributed by atoms with Gasteiger partial charge in [0, 0.05) is 6.04 Å². The lowest BCUT2D eigenvalue weighted by molar-refractivity contribution is -0.0150. The van der Waals surface area contributed by atoms with Crippen LogP contribution in [0.3, 0.4) is 0 Å². The quantitative estimate of drug-likeness (QED) is 0.895. The number of halogens is 1. The summed E-state index contributed by atoms with van der Waals surface area (Å²) in [5.41, 5.74) is 0.822. The number of ether oxygens (including phenoxy) is 1. The molecule has 0 aliphatic carbocycles. The summed E-state index contributed by atoms with van der Waals surface area (Å²) in [5, 5.41) is 8.24. The van der Waals surface area contributed by atoms with Gasteiger partial charge in [-0.05, 0) is 41.7 Å². The van der Waals surface area contributed by atoms with Crippen molar-refractivity contribution < 1.29 is 4.74 Å². The second-order valence-corrected chi connectivity index (χ2v) is 6.09. The Morgan fingerprint density at radius 1 is 1.44 bits per heavy atom. The van der Waals surface area contributed by atoms with Gasteiger partial charge in [0.2, 0.25) is 0 Å². The van der Waals surface area contributed by atoms with Gasteiger partial charge >= 0.3 is 0 Å². The Bertz CT molecular complexity index is 382. The van der Waals surface area contributed by atoms with Crippen molar-refractivity contribution in [2.75, 3.05) is 13.7 Å². The first-order valence-corrected chi connectivity index (χ1v) is 6.68. The third-order valence-electron chi connectivity index (χ3n) is 2.64. The predicted molar refractivity (Wildman–Crippen MR) is 75.1 cm³/mol. The van der Waals surface area contributed by atoms with Crippen LogP contribution in [0.25, 0.3) is 0 Å². The molecule has 0 aliphatic rings. The maximum absolute atomic E-state index is 6.23. The van der Waals surface area contributed by atoms with Gasteiger partial charge in [-0.1, -0.05) is 11.6 Å². The molecule has 1 atom stereocenters. The Kier molecular flexibility index (Phi) is 5.20. The molecule has 104 valence electrons. The van der Waals surface area contributed by atoms with Crippen molar-refractivity contribution >= 4 is 11.6 Å². The van der Waals surface area contributed by atoms with Crippen LogP contribution in [0.2, 0.25) is 5.02 Å². The van der Waals surface area contributed by atoms with Crippen LogP contribution in [0, 0.1) is 0 Å². The molecule has 18 heavy (non-hydrogen) atoms. The van der Waals surface area contributed by atoms with Gasteiger partial charge in [-0.2, -0.15) is 5.10 Å². The van der Waals surface area contributed by atoms with Crippen LogP contribution in [-0.4, -0.2) is 29.0 Å². The molecule has 0 bridgehead atoms. The number of likely N-dealkylation sites (N-methyl/N-ethyl adjacent to an activating group) is 1. The van der Waals surface area contributed by atoms with Crippen molar-refractivity contribution in [1.82, 2.24) is 15.1 Å². The summed E-state index contributed by atoms with van der Waals surface area (Å²) in [5.74, 6) is 0. The number of hydrogen-bond donors (Lipinski definition) is 1. The van der Waals surface area contributed by atoms with Crippen LogP contribution in [-0.2, 0) is 4.74 Å². The molecule has 0 aromatic carbocycles. The lowest BCUT2D eigenvalue weighted by atomic mass is 10.1. The topological polar surface area (TPSA) is 39.1 Å². The average molecular weight is 274 g/mol. The molecule has 0 spiro atoms. The first-order valence-electron chi connectivity index (χ1n) is 6.30. The molecular weight excluding hydrogens is 250 g/mol. The first-order chi connectivity index (χ1) is 8.26. The van der Waals surface area contributed by atoms with Crippen molar-refractivity contribution in [2.45, 2.75) is 52.3 Å². The highest BCUT2D eigenvalue weighted by Crippen LogP contribution is 2.26. The zero-order chi connectivity index (χ0) is 13.9. The Balaban J connectivity index is 2.91. The molecule has 1 aromatic rings. The van der Waals surface area contributed by atoms with E-state index in [1.54, 1.807) is 6.20 Å². The molecule has 0 saturated heterocycles. The fraction of sp³-hybridized carbons (Fsp3) is 0.769. The third kappa shape index (κ3) is 3.97. The molecule has 4 nitrogen and oxygen atoms in total. The van der Waals surface area contributed by atoms with Crippen molar-refractivity contribution in [3.05, 3.63) is 16.9 Å². The van der Waals surface area contributed by atoms with Crippen LogP contribution < -0.4 is 5.32 Å². The van der Waals surface area contributed by atoms with E-state index in [2.05, 4.69) is 24.3 Å². The van der Waals surface area contributed by atoms with Crippen LogP contribution in [0.5, 0.6) is 0 Å². The second kappa shape index (κ2) is 6.04. The highest BCUT2D eigenvalue weighted by molar-refractivity contribution is 6.31. The Morgan fingerprint density at radius 2 is 2.06 bits per heavy atom. The number of aromatic nitrogens is 2.